The van der Waals surface area contributed by atoms with Crippen LogP contribution in [0.25, 0.3) is 0 Å². The largest absolute Gasteiger partial charge is 0.394 e. The molecule has 20 heavy (non-hydrogen) atoms. The molecule has 0 bridgehead atoms. The highest BCUT2D eigenvalue weighted by atomic mass is 16.4. The average molecular weight is 281 g/mol. The summed E-state index contributed by atoms with van der Waals surface area (Å²) in [5, 5.41) is 42.0. The molecule has 0 amide bonds. The van der Waals surface area contributed by atoms with Gasteiger partial charge in [0.25, 0.3) is 0 Å². The van der Waals surface area contributed by atoms with Crippen molar-refractivity contribution in [3.05, 3.63) is 35.9 Å². The van der Waals surface area contributed by atoms with Gasteiger partial charge in [0.2, 0.25) is 0 Å². The first kappa shape index (κ1) is 15.4. The van der Waals surface area contributed by atoms with Crippen LogP contribution in [0.1, 0.15) is 18.4 Å². The number of hydrogen-bond donors (Lipinski definition) is 5. The molecule has 5 N–H and O–H groups in total. The van der Waals surface area contributed by atoms with E-state index in [0.29, 0.717) is 6.42 Å². The second-order valence-corrected chi connectivity index (χ2v) is 5.54. The zero-order valence-electron chi connectivity index (χ0n) is 11.4. The van der Waals surface area contributed by atoms with Gasteiger partial charge in [0.1, 0.15) is 12.2 Å². The van der Waals surface area contributed by atoms with Crippen LogP contribution in [-0.2, 0) is 6.42 Å². The Morgan fingerprint density at radius 2 is 1.85 bits per heavy atom. The predicted molar refractivity (Wildman–Crippen MR) is 75.2 cm³/mol. The third-order valence-corrected chi connectivity index (χ3v) is 4.16. The van der Waals surface area contributed by atoms with Crippen LogP contribution in [0.2, 0.25) is 0 Å². The summed E-state index contributed by atoms with van der Waals surface area (Å²) in [6, 6.07) is 9.99. The molecule has 2 rings (SSSR count). The molecule has 1 aliphatic heterocycles. The van der Waals surface area contributed by atoms with Gasteiger partial charge in [-0.3, -0.25) is 0 Å². The van der Waals surface area contributed by atoms with Crippen LogP contribution in [0.5, 0.6) is 0 Å². The molecule has 5 nitrogen and oxygen atoms in total. The van der Waals surface area contributed by atoms with E-state index < -0.39 is 23.9 Å². The van der Waals surface area contributed by atoms with E-state index in [0.717, 1.165) is 12.8 Å². The van der Waals surface area contributed by atoms with Gasteiger partial charge in [0.05, 0.1) is 18.2 Å². The zero-order chi connectivity index (χ0) is 14.6. The van der Waals surface area contributed by atoms with Crippen molar-refractivity contribution >= 4 is 0 Å². The highest BCUT2D eigenvalue weighted by Crippen LogP contribution is 2.26. The lowest BCUT2D eigenvalue weighted by Crippen LogP contribution is -2.69. The fourth-order valence-corrected chi connectivity index (χ4v) is 2.79. The molecular weight excluding hydrogens is 258 g/mol. The maximum Gasteiger partial charge on any atom is 0.109 e. The molecule has 0 aliphatic carbocycles. The Labute approximate surface area is 118 Å². The van der Waals surface area contributed by atoms with Crippen LogP contribution >= 0.6 is 0 Å². The van der Waals surface area contributed by atoms with Gasteiger partial charge < -0.3 is 25.7 Å². The lowest BCUT2D eigenvalue weighted by Gasteiger charge is -2.45. The Morgan fingerprint density at radius 3 is 2.50 bits per heavy atom. The Morgan fingerprint density at radius 1 is 1.15 bits per heavy atom. The van der Waals surface area contributed by atoms with E-state index in [-0.39, 0.29) is 13.2 Å². The van der Waals surface area contributed by atoms with Crippen molar-refractivity contribution in [2.75, 3.05) is 13.2 Å². The zero-order valence-corrected chi connectivity index (χ0v) is 11.4. The molecule has 4 atom stereocenters. The monoisotopic (exact) mass is 281 g/mol. The summed E-state index contributed by atoms with van der Waals surface area (Å²) in [4.78, 5) is 0. The van der Waals surface area contributed by atoms with Crippen molar-refractivity contribution in [3.63, 3.8) is 0 Å². The molecule has 112 valence electrons. The summed E-state index contributed by atoms with van der Waals surface area (Å²) in [6.07, 6.45) is -1.25. The molecule has 0 aromatic heterocycles. The van der Waals surface area contributed by atoms with E-state index in [1.807, 2.05) is 30.3 Å². The van der Waals surface area contributed by atoms with Crippen LogP contribution < -0.4 is 5.32 Å². The van der Waals surface area contributed by atoms with Crippen molar-refractivity contribution in [2.24, 2.45) is 0 Å². The van der Waals surface area contributed by atoms with E-state index in [4.69, 9.17) is 0 Å². The number of piperidine rings is 1. The van der Waals surface area contributed by atoms with Gasteiger partial charge in [-0.2, -0.15) is 0 Å². The minimum Gasteiger partial charge on any atom is -0.394 e. The van der Waals surface area contributed by atoms with Gasteiger partial charge in [-0.25, -0.2) is 0 Å². The van der Waals surface area contributed by atoms with Crippen molar-refractivity contribution in [3.8, 4) is 0 Å². The van der Waals surface area contributed by atoms with Crippen LogP contribution in [0.4, 0.5) is 0 Å². The third kappa shape index (κ3) is 3.19. The first-order valence-electron chi connectivity index (χ1n) is 7.03. The normalized spacial score (nSPS) is 34.1. The summed E-state index contributed by atoms with van der Waals surface area (Å²) < 4.78 is 0. The van der Waals surface area contributed by atoms with Gasteiger partial charge in [-0.15, -0.1) is 0 Å². The quantitative estimate of drug-likeness (QED) is 0.498. The molecule has 5 heteroatoms. The van der Waals surface area contributed by atoms with Crippen LogP contribution in [-0.4, -0.2) is 57.4 Å². The highest BCUT2D eigenvalue weighted by Gasteiger charge is 2.46. The topological polar surface area (TPSA) is 93.0 Å². The number of rotatable bonds is 5. The first-order chi connectivity index (χ1) is 9.59. The fourth-order valence-electron chi connectivity index (χ4n) is 2.79. The summed E-state index contributed by atoms with van der Waals surface area (Å²) >= 11 is 0. The third-order valence-electron chi connectivity index (χ3n) is 4.16. The number of benzene rings is 1. The molecular formula is C15H23NO4. The Hall–Kier alpha value is -0.980. The minimum absolute atomic E-state index is 0.171. The second kappa shape index (κ2) is 6.65. The van der Waals surface area contributed by atoms with Crippen molar-refractivity contribution < 1.29 is 20.4 Å². The summed E-state index contributed by atoms with van der Waals surface area (Å²) in [5.74, 6) is 0. The molecule has 1 fully saturated rings. The molecule has 1 heterocycles. The molecule has 0 spiro atoms. The molecule has 0 saturated carbocycles. The summed E-state index contributed by atoms with van der Waals surface area (Å²) in [7, 11) is 0. The smallest absolute Gasteiger partial charge is 0.109 e. The molecule has 1 aromatic rings. The van der Waals surface area contributed by atoms with E-state index in [2.05, 4.69) is 5.32 Å². The highest BCUT2D eigenvalue weighted by molar-refractivity contribution is 5.15. The van der Waals surface area contributed by atoms with E-state index in [1.54, 1.807) is 0 Å². The maximum absolute atomic E-state index is 10.1. The standard InChI is InChI=1S/C15H23NO4/c17-10-15(14(20)13(19)12(18)9-16-15)8-4-7-11-5-2-1-3-6-11/h1-3,5-6,12-14,16-20H,4,7-10H2/t12-,13+,14-,15+/m0/s1. The first-order valence-corrected chi connectivity index (χ1v) is 7.03. The van der Waals surface area contributed by atoms with Crippen LogP contribution in [0, 0.1) is 0 Å². The van der Waals surface area contributed by atoms with Gasteiger partial charge >= 0.3 is 0 Å². The SMILES string of the molecule is OC[C@@]1(CCCc2ccccc2)NC[C@H](O)[C@@H](O)[C@@H]1O. The van der Waals surface area contributed by atoms with E-state index in [9.17, 15) is 20.4 Å². The fraction of sp³-hybridized carbons (Fsp3) is 0.600. The van der Waals surface area contributed by atoms with Gasteiger partial charge in [-0.05, 0) is 24.8 Å². The van der Waals surface area contributed by atoms with Crippen molar-refractivity contribution in [1.29, 1.82) is 0 Å². The number of nitrogens with one attached hydrogen (secondary N) is 1. The maximum atomic E-state index is 10.1. The molecule has 1 aliphatic rings. The van der Waals surface area contributed by atoms with Gasteiger partial charge in [-0.1, -0.05) is 30.3 Å². The van der Waals surface area contributed by atoms with Gasteiger partial charge in [0.15, 0.2) is 0 Å². The second-order valence-electron chi connectivity index (χ2n) is 5.54. The number of hydrogen-bond acceptors (Lipinski definition) is 5. The summed E-state index contributed by atoms with van der Waals surface area (Å²) in [5.41, 5.74) is 0.263. The van der Waals surface area contributed by atoms with Crippen LogP contribution in [0.15, 0.2) is 30.3 Å². The predicted octanol–water partition coefficient (Wildman–Crippen LogP) is -0.574. The molecule has 0 radical (unpaired) electrons. The Kier molecular flexibility index (Phi) is 5.12. The molecule has 1 saturated heterocycles. The van der Waals surface area contributed by atoms with Crippen molar-refractivity contribution in [1.82, 2.24) is 5.32 Å². The average Bonchev–Trinajstić information content (AvgIpc) is 2.49. The minimum atomic E-state index is -1.22. The van der Waals surface area contributed by atoms with E-state index in [1.165, 1.54) is 5.56 Å². The number of aryl methyl sites for hydroxylation is 1. The Balaban J connectivity index is 1.94. The Bertz CT molecular complexity index is 414. The number of aliphatic hydroxyl groups is 4. The number of β-amino-alcohol motifs (C(OH)–C–C–N with tert-alkyl or cyclic N) is 1. The molecule has 1 aromatic carbocycles. The summed E-state index contributed by atoms with van der Waals surface area (Å²) in [6.45, 7) is -0.100. The van der Waals surface area contributed by atoms with E-state index >= 15 is 0 Å². The lowest BCUT2D eigenvalue weighted by molar-refractivity contribution is -0.135. The van der Waals surface area contributed by atoms with Crippen molar-refractivity contribution in [2.45, 2.75) is 43.1 Å². The lowest BCUT2D eigenvalue weighted by atomic mass is 9.79. The van der Waals surface area contributed by atoms with Gasteiger partial charge in [0, 0.05) is 6.54 Å². The molecule has 0 unspecified atom stereocenters. The number of aliphatic hydroxyl groups excluding tert-OH is 4. The van der Waals surface area contributed by atoms with Crippen LogP contribution in [0.3, 0.4) is 0 Å².